The molecule has 0 aliphatic carbocycles. The predicted octanol–water partition coefficient (Wildman–Crippen LogP) is 5.97. The number of thiophene rings is 1. The fraction of sp³-hybridized carbons (Fsp3) is 0.476. The molecule has 10 nitrogen and oxygen atoms in total. The first-order valence-corrected chi connectivity index (χ1v) is 16.1. The molecule has 2 heterocycles. The summed E-state index contributed by atoms with van der Waals surface area (Å²) in [6.07, 6.45) is 0. The average molecular weight is 565 g/mol. The Morgan fingerprint density at radius 2 is 1.54 bits per heavy atom. The minimum Gasteiger partial charge on any atom is -0.508 e. The van der Waals surface area contributed by atoms with Gasteiger partial charge in [0.1, 0.15) is 11.8 Å². The summed E-state index contributed by atoms with van der Waals surface area (Å²) in [4.78, 5) is 13.2. The first kappa shape index (κ1) is 28.1. The summed E-state index contributed by atoms with van der Waals surface area (Å²) in [5.41, 5.74) is 3.50. The highest BCUT2D eigenvalue weighted by Crippen LogP contribution is 2.73. The minimum atomic E-state index is -4.14. The Hall–Kier alpha value is -1.49. The number of hydrogen-bond donors (Lipinski definition) is 2. The number of nitrogens with one attached hydrogen (secondary N) is 1. The molecule has 0 saturated heterocycles. The van der Waals surface area contributed by atoms with Crippen LogP contribution in [0.25, 0.3) is 10.2 Å². The second-order valence-corrected chi connectivity index (χ2v) is 13.8. The number of hydrogen-bond acceptors (Lipinski definition) is 11. The van der Waals surface area contributed by atoms with Gasteiger partial charge in [-0.2, -0.15) is 0 Å². The number of nitrogens with zero attached hydrogens (tertiary/aromatic N) is 1. The average Bonchev–Trinajstić information content (AvgIpc) is 3.42. The summed E-state index contributed by atoms with van der Waals surface area (Å²) in [5.74, 6) is -0.0290. The van der Waals surface area contributed by atoms with Crippen molar-refractivity contribution >= 4 is 48.1 Å². The summed E-state index contributed by atoms with van der Waals surface area (Å²) in [6, 6.07) is 7.07. The van der Waals surface area contributed by atoms with E-state index in [1.165, 1.54) is 28.1 Å². The fourth-order valence-electron chi connectivity index (χ4n) is 3.65. The van der Waals surface area contributed by atoms with Gasteiger partial charge in [-0.15, -0.1) is 11.3 Å². The van der Waals surface area contributed by atoms with E-state index in [2.05, 4.69) is 5.43 Å². The maximum atomic E-state index is 14.2. The van der Waals surface area contributed by atoms with Gasteiger partial charge in [0.15, 0.2) is 5.40 Å². The van der Waals surface area contributed by atoms with Gasteiger partial charge in [0, 0.05) is 10.9 Å². The molecule has 0 aliphatic rings. The van der Waals surface area contributed by atoms with Crippen LogP contribution in [-0.4, -0.2) is 41.6 Å². The number of thiazole rings is 1. The van der Waals surface area contributed by atoms with E-state index in [4.69, 9.17) is 18.1 Å². The lowest BCUT2D eigenvalue weighted by Crippen LogP contribution is -2.36. The van der Waals surface area contributed by atoms with E-state index in [1.807, 2.05) is 0 Å². The molecule has 0 spiro atoms. The number of fused-ring (bicyclic) bond motifs is 1. The Kier molecular flexibility index (Phi) is 9.76. The molecule has 35 heavy (non-hydrogen) atoms. The molecule has 0 aliphatic heterocycles. The van der Waals surface area contributed by atoms with Gasteiger partial charge in [0.25, 0.3) is 0 Å². The molecular weight excluding hydrogens is 534 g/mol. The van der Waals surface area contributed by atoms with Crippen molar-refractivity contribution in [2.24, 2.45) is 0 Å². The zero-order chi connectivity index (χ0) is 25.6. The number of phenolic OH excluding ortho intramolecular Hbond substituents is 1. The molecule has 0 fully saturated rings. The molecule has 194 valence electrons. The number of rotatable bonds is 14. The maximum Gasteiger partial charge on any atom is 0.348 e. The van der Waals surface area contributed by atoms with Crippen molar-refractivity contribution in [3.63, 3.8) is 0 Å². The molecule has 2 aromatic heterocycles. The van der Waals surface area contributed by atoms with Crippen molar-refractivity contribution in [2.75, 3.05) is 31.9 Å². The Balaban J connectivity index is 2.27. The SMILES string of the molecule is CCOP(=O)(OCC)C(C(Nn1c(=O)sc2ccc(O)cc21)c1cccs1)P(=O)(OCC)OCC. The van der Waals surface area contributed by atoms with Crippen molar-refractivity contribution in [1.82, 2.24) is 4.68 Å². The van der Waals surface area contributed by atoms with Crippen LogP contribution in [0.1, 0.15) is 38.6 Å². The van der Waals surface area contributed by atoms with Crippen LogP contribution in [0.3, 0.4) is 0 Å². The van der Waals surface area contributed by atoms with E-state index in [-0.39, 0.29) is 37.1 Å². The van der Waals surface area contributed by atoms with Gasteiger partial charge in [-0.05, 0) is 51.3 Å². The topological polar surface area (TPSA) is 125 Å². The van der Waals surface area contributed by atoms with Crippen molar-refractivity contribution in [1.29, 1.82) is 0 Å². The number of aromatic nitrogens is 1. The lowest BCUT2D eigenvalue weighted by Gasteiger charge is -2.36. The molecule has 0 radical (unpaired) electrons. The molecular formula is C21H30N2O8P2S2. The fourth-order valence-corrected chi connectivity index (χ4v) is 11.0. The van der Waals surface area contributed by atoms with Crippen LogP contribution in [-0.2, 0) is 27.2 Å². The summed E-state index contributed by atoms with van der Waals surface area (Å²) in [6.45, 7) is 6.72. The van der Waals surface area contributed by atoms with Gasteiger partial charge in [-0.3, -0.25) is 13.9 Å². The summed E-state index contributed by atoms with van der Waals surface area (Å²) in [7, 11) is -8.28. The largest absolute Gasteiger partial charge is 0.508 e. The van der Waals surface area contributed by atoms with Crippen LogP contribution in [0.4, 0.5) is 0 Å². The molecule has 1 atom stereocenters. The first-order valence-electron chi connectivity index (χ1n) is 11.1. The van der Waals surface area contributed by atoms with E-state index < -0.39 is 26.6 Å². The molecule has 0 amide bonds. The highest BCUT2D eigenvalue weighted by Gasteiger charge is 2.56. The van der Waals surface area contributed by atoms with Gasteiger partial charge >= 0.3 is 20.1 Å². The van der Waals surface area contributed by atoms with Crippen molar-refractivity contribution in [3.05, 3.63) is 50.3 Å². The first-order chi connectivity index (χ1) is 16.7. The quantitative estimate of drug-likeness (QED) is 0.228. The lowest BCUT2D eigenvalue weighted by molar-refractivity contribution is 0.191. The molecule has 0 bridgehead atoms. The zero-order valence-corrected chi connectivity index (χ0v) is 23.3. The highest BCUT2D eigenvalue weighted by atomic mass is 32.1. The molecule has 1 aromatic carbocycles. The van der Waals surface area contributed by atoms with Crippen molar-refractivity contribution in [3.8, 4) is 5.75 Å². The van der Waals surface area contributed by atoms with E-state index in [9.17, 15) is 19.0 Å². The second-order valence-electron chi connectivity index (χ2n) is 7.14. The van der Waals surface area contributed by atoms with Crippen molar-refractivity contribution < 1.29 is 32.3 Å². The number of phenols is 1. The zero-order valence-electron chi connectivity index (χ0n) is 19.9. The van der Waals surface area contributed by atoms with Gasteiger partial charge in [-0.1, -0.05) is 17.4 Å². The number of aromatic hydroxyl groups is 1. The highest BCUT2D eigenvalue weighted by molar-refractivity contribution is 7.72. The Bertz CT molecular complexity index is 1210. The molecule has 1 unspecified atom stereocenters. The molecule has 3 aromatic rings. The van der Waals surface area contributed by atoms with Crippen LogP contribution < -0.4 is 10.3 Å². The van der Waals surface area contributed by atoms with E-state index in [0.717, 1.165) is 11.3 Å². The summed E-state index contributed by atoms with van der Waals surface area (Å²) < 4.78 is 52.9. The lowest BCUT2D eigenvalue weighted by atomic mass is 10.3. The van der Waals surface area contributed by atoms with Crippen LogP contribution in [0.5, 0.6) is 5.75 Å². The van der Waals surface area contributed by atoms with Crippen LogP contribution >= 0.6 is 37.9 Å². The molecule has 3 rings (SSSR count). The smallest absolute Gasteiger partial charge is 0.348 e. The van der Waals surface area contributed by atoms with Gasteiger partial charge in [-0.25, -0.2) is 4.68 Å². The van der Waals surface area contributed by atoms with Crippen LogP contribution in [0, 0.1) is 0 Å². The third-order valence-corrected chi connectivity index (χ3v) is 12.8. The van der Waals surface area contributed by atoms with Gasteiger partial charge in [0.2, 0.25) is 0 Å². The normalized spacial score (nSPS) is 13.5. The number of benzene rings is 1. The maximum absolute atomic E-state index is 14.2. The summed E-state index contributed by atoms with van der Waals surface area (Å²) >= 11 is 2.28. The Morgan fingerprint density at radius 1 is 0.971 bits per heavy atom. The van der Waals surface area contributed by atoms with Gasteiger partial charge < -0.3 is 28.6 Å². The standard InChI is InChI=1S/C21H30N2O8P2S2/c1-5-28-32(26,29-6-2)20(33(27,30-7-3)31-8-4)19(18-10-9-13-34-18)22-23-16-14-15(24)11-12-17(16)35-21(23)25/h9-14,19-20,22,24H,5-8H2,1-4H3. The van der Waals surface area contributed by atoms with Crippen LogP contribution in [0.2, 0.25) is 0 Å². The Labute approximate surface area is 211 Å². The van der Waals surface area contributed by atoms with E-state index >= 15 is 0 Å². The van der Waals surface area contributed by atoms with Gasteiger partial charge in [0.05, 0.1) is 36.6 Å². The van der Waals surface area contributed by atoms with Crippen molar-refractivity contribution in [2.45, 2.75) is 39.1 Å². The van der Waals surface area contributed by atoms with E-state index in [1.54, 1.807) is 51.3 Å². The minimum absolute atomic E-state index is 0.0262. The third kappa shape index (κ3) is 6.09. The van der Waals surface area contributed by atoms with Crippen LogP contribution in [0.15, 0.2) is 40.5 Å². The monoisotopic (exact) mass is 564 g/mol. The molecule has 2 N–H and O–H groups in total. The third-order valence-electron chi connectivity index (χ3n) is 4.86. The summed E-state index contributed by atoms with van der Waals surface area (Å²) in [5, 5.41) is 10.4. The van der Waals surface area contributed by atoms with E-state index in [0.29, 0.717) is 15.1 Å². The second kappa shape index (κ2) is 12.2. The predicted molar refractivity (Wildman–Crippen MR) is 140 cm³/mol. The molecule has 14 heteroatoms. The Morgan fingerprint density at radius 3 is 2.03 bits per heavy atom. The molecule has 0 saturated carbocycles.